The molecule has 1 aromatic rings. The molecule has 3 nitrogen and oxygen atoms in total. The third kappa shape index (κ3) is 2.27. The van der Waals surface area contributed by atoms with Crippen LogP contribution in [0, 0.1) is 0 Å². The van der Waals surface area contributed by atoms with Crippen LogP contribution in [0.3, 0.4) is 0 Å². The molecule has 0 saturated carbocycles. The highest BCUT2D eigenvalue weighted by Crippen LogP contribution is 2.28. The lowest BCUT2D eigenvalue weighted by Crippen LogP contribution is -2.28. The second-order valence-electron chi connectivity index (χ2n) is 3.83. The van der Waals surface area contributed by atoms with Crippen LogP contribution in [0.2, 0.25) is 0 Å². The lowest BCUT2D eigenvalue weighted by molar-refractivity contribution is 0.341. The van der Waals surface area contributed by atoms with Crippen LogP contribution in [-0.4, -0.2) is 16.6 Å². The minimum Gasteiger partial charge on any atom is -0.319 e. The van der Waals surface area contributed by atoms with Crippen molar-refractivity contribution in [2.45, 2.75) is 25.9 Å². The SMILES string of the molecule is CCCCN1C(=S)N=NC1c1ccccc1. The van der Waals surface area contributed by atoms with E-state index in [-0.39, 0.29) is 6.17 Å². The molecular formula is C12H15N3S. The normalized spacial score (nSPS) is 19.4. The fourth-order valence-corrected chi connectivity index (χ4v) is 1.98. The summed E-state index contributed by atoms with van der Waals surface area (Å²) in [5.74, 6) is 0. The molecule has 0 aromatic heterocycles. The van der Waals surface area contributed by atoms with Gasteiger partial charge in [0, 0.05) is 6.54 Å². The lowest BCUT2D eigenvalue weighted by atomic mass is 10.1. The third-order valence-corrected chi connectivity index (χ3v) is 2.96. The van der Waals surface area contributed by atoms with Gasteiger partial charge in [-0.15, -0.1) is 5.11 Å². The number of thiocarbonyl (C=S) groups is 1. The maximum atomic E-state index is 5.20. The number of nitrogens with zero attached hydrogens (tertiary/aromatic N) is 3. The maximum Gasteiger partial charge on any atom is 0.218 e. The molecular weight excluding hydrogens is 218 g/mol. The Bertz CT molecular complexity index is 389. The summed E-state index contributed by atoms with van der Waals surface area (Å²) in [5, 5.41) is 8.85. The van der Waals surface area contributed by atoms with Gasteiger partial charge in [0.2, 0.25) is 5.11 Å². The molecule has 1 aromatic carbocycles. The van der Waals surface area contributed by atoms with Gasteiger partial charge in [0.1, 0.15) is 0 Å². The number of unbranched alkanes of at least 4 members (excludes halogenated alkanes) is 1. The molecule has 0 N–H and O–H groups in total. The van der Waals surface area contributed by atoms with Crippen LogP contribution < -0.4 is 0 Å². The van der Waals surface area contributed by atoms with Gasteiger partial charge >= 0.3 is 0 Å². The molecule has 0 spiro atoms. The summed E-state index contributed by atoms with van der Waals surface area (Å²) in [6.07, 6.45) is 2.26. The molecule has 1 atom stereocenters. The van der Waals surface area contributed by atoms with Crippen LogP contribution in [0.1, 0.15) is 31.5 Å². The van der Waals surface area contributed by atoms with Crippen molar-refractivity contribution in [3.8, 4) is 0 Å². The summed E-state index contributed by atoms with van der Waals surface area (Å²) in [6, 6.07) is 10.2. The molecule has 0 amide bonds. The van der Waals surface area contributed by atoms with Crippen LogP contribution in [0.15, 0.2) is 40.6 Å². The van der Waals surface area contributed by atoms with Crippen LogP contribution in [0.4, 0.5) is 0 Å². The Hall–Kier alpha value is -1.29. The van der Waals surface area contributed by atoms with Crippen LogP contribution >= 0.6 is 12.2 Å². The molecule has 0 radical (unpaired) electrons. The zero-order valence-electron chi connectivity index (χ0n) is 9.34. The molecule has 2 rings (SSSR count). The first kappa shape index (κ1) is 11.2. The zero-order valence-corrected chi connectivity index (χ0v) is 10.2. The van der Waals surface area contributed by atoms with Gasteiger partial charge in [0.05, 0.1) is 0 Å². The van der Waals surface area contributed by atoms with Crippen molar-refractivity contribution in [2.75, 3.05) is 6.54 Å². The predicted octanol–water partition coefficient (Wildman–Crippen LogP) is 3.54. The van der Waals surface area contributed by atoms with E-state index in [1.807, 2.05) is 18.2 Å². The van der Waals surface area contributed by atoms with Crippen molar-refractivity contribution in [3.05, 3.63) is 35.9 Å². The van der Waals surface area contributed by atoms with Gasteiger partial charge in [-0.25, -0.2) is 0 Å². The Morgan fingerprint density at radius 1 is 1.31 bits per heavy atom. The smallest absolute Gasteiger partial charge is 0.218 e. The van der Waals surface area contributed by atoms with Crippen molar-refractivity contribution in [3.63, 3.8) is 0 Å². The molecule has 1 unspecified atom stereocenters. The van der Waals surface area contributed by atoms with E-state index in [0.717, 1.165) is 24.9 Å². The molecule has 16 heavy (non-hydrogen) atoms. The lowest BCUT2D eigenvalue weighted by Gasteiger charge is -2.22. The standard InChI is InChI=1S/C12H15N3S/c1-2-3-9-15-11(13-14-12(15)16)10-7-5-4-6-8-10/h4-8,11H,2-3,9H2,1H3. The first-order valence-electron chi connectivity index (χ1n) is 5.59. The number of benzene rings is 1. The second-order valence-corrected chi connectivity index (χ2v) is 4.19. The van der Waals surface area contributed by atoms with Crippen LogP contribution in [0.5, 0.6) is 0 Å². The maximum absolute atomic E-state index is 5.20. The van der Waals surface area contributed by atoms with Gasteiger partial charge in [-0.2, -0.15) is 5.11 Å². The molecule has 1 aliphatic rings. The van der Waals surface area contributed by atoms with E-state index in [4.69, 9.17) is 12.2 Å². The van der Waals surface area contributed by atoms with Crippen molar-refractivity contribution >= 4 is 17.3 Å². The molecule has 1 heterocycles. The summed E-state index contributed by atoms with van der Waals surface area (Å²) in [7, 11) is 0. The minimum absolute atomic E-state index is 0.0137. The first-order valence-corrected chi connectivity index (χ1v) is 6.00. The molecule has 0 aliphatic carbocycles. The topological polar surface area (TPSA) is 28.0 Å². The largest absolute Gasteiger partial charge is 0.319 e. The molecule has 4 heteroatoms. The minimum atomic E-state index is -0.0137. The van der Waals surface area contributed by atoms with Crippen molar-refractivity contribution in [1.29, 1.82) is 0 Å². The van der Waals surface area contributed by atoms with Gasteiger partial charge in [-0.1, -0.05) is 43.7 Å². The Morgan fingerprint density at radius 2 is 2.06 bits per heavy atom. The van der Waals surface area contributed by atoms with E-state index < -0.39 is 0 Å². The van der Waals surface area contributed by atoms with E-state index in [1.54, 1.807) is 0 Å². The van der Waals surface area contributed by atoms with Crippen molar-refractivity contribution < 1.29 is 0 Å². The number of azo groups is 1. The van der Waals surface area contributed by atoms with E-state index in [1.165, 1.54) is 0 Å². The van der Waals surface area contributed by atoms with E-state index in [9.17, 15) is 0 Å². The fraction of sp³-hybridized carbons (Fsp3) is 0.417. The quantitative estimate of drug-likeness (QED) is 0.744. The van der Waals surface area contributed by atoms with E-state index in [0.29, 0.717) is 5.11 Å². The fourth-order valence-electron chi connectivity index (χ4n) is 1.75. The Balaban J connectivity index is 2.14. The average Bonchev–Trinajstić information content (AvgIpc) is 2.69. The molecule has 0 saturated heterocycles. The summed E-state index contributed by atoms with van der Waals surface area (Å²) in [6.45, 7) is 3.10. The molecule has 84 valence electrons. The summed E-state index contributed by atoms with van der Waals surface area (Å²) in [5.41, 5.74) is 1.15. The Labute approximate surface area is 101 Å². The molecule has 0 fully saturated rings. The van der Waals surface area contributed by atoms with Crippen molar-refractivity contribution in [1.82, 2.24) is 4.90 Å². The first-order chi connectivity index (χ1) is 7.83. The highest BCUT2D eigenvalue weighted by atomic mass is 32.1. The van der Waals surface area contributed by atoms with E-state index >= 15 is 0 Å². The van der Waals surface area contributed by atoms with Gasteiger partial charge in [0.25, 0.3) is 0 Å². The highest BCUT2D eigenvalue weighted by Gasteiger charge is 2.26. The zero-order chi connectivity index (χ0) is 11.4. The summed E-state index contributed by atoms with van der Waals surface area (Å²) < 4.78 is 0. The highest BCUT2D eigenvalue weighted by molar-refractivity contribution is 7.80. The van der Waals surface area contributed by atoms with Gasteiger partial charge in [-0.05, 0) is 24.2 Å². The van der Waals surface area contributed by atoms with Crippen LogP contribution in [-0.2, 0) is 0 Å². The van der Waals surface area contributed by atoms with Gasteiger partial charge in [-0.3, -0.25) is 0 Å². The second kappa shape index (κ2) is 5.16. The number of hydrogen-bond acceptors (Lipinski definition) is 2. The summed E-state index contributed by atoms with van der Waals surface area (Å²) >= 11 is 5.20. The number of rotatable bonds is 4. The average molecular weight is 233 g/mol. The predicted molar refractivity (Wildman–Crippen MR) is 68.3 cm³/mol. The van der Waals surface area contributed by atoms with Crippen molar-refractivity contribution in [2.24, 2.45) is 10.2 Å². The third-order valence-electron chi connectivity index (χ3n) is 2.64. The Kier molecular flexibility index (Phi) is 3.62. The Morgan fingerprint density at radius 3 is 2.75 bits per heavy atom. The van der Waals surface area contributed by atoms with Gasteiger partial charge < -0.3 is 4.90 Å². The number of hydrogen-bond donors (Lipinski definition) is 0. The summed E-state index contributed by atoms with van der Waals surface area (Å²) in [4.78, 5) is 2.09. The molecule has 0 bridgehead atoms. The van der Waals surface area contributed by atoms with Gasteiger partial charge in [0.15, 0.2) is 6.17 Å². The van der Waals surface area contributed by atoms with E-state index in [2.05, 4.69) is 34.2 Å². The molecule has 1 aliphatic heterocycles. The van der Waals surface area contributed by atoms with Crippen LogP contribution in [0.25, 0.3) is 0 Å². The monoisotopic (exact) mass is 233 g/mol.